The van der Waals surface area contributed by atoms with Crippen molar-refractivity contribution in [3.8, 4) is 0 Å². The van der Waals surface area contributed by atoms with E-state index in [1.165, 1.54) is 12.5 Å². The van der Waals surface area contributed by atoms with Crippen molar-refractivity contribution >= 4 is 65.1 Å². The lowest BCUT2D eigenvalue weighted by Gasteiger charge is -2.28. The highest BCUT2D eigenvalue weighted by atomic mass is 16.4. The lowest BCUT2D eigenvalue weighted by atomic mass is 10.0. The molecule has 1 aromatic carbocycles. The van der Waals surface area contributed by atoms with E-state index in [2.05, 4.69) is 41.9 Å². The van der Waals surface area contributed by atoms with Gasteiger partial charge in [-0.3, -0.25) is 47.9 Å². The third-order valence-electron chi connectivity index (χ3n) is 9.75. The molecule has 1 aromatic heterocycles. The first-order chi connectivity index (χ1) is 32.5. The van der Waals surface area contributed by atoms with Gasteiger partial charge in [-0.1, -0.05) is 30.3 Å². The van der Waals surface area contributed by atoms with Gasteiger partial charge in [0.2, 0.25) is 53.2 Å². The molecular weight excluding hydrogens is 921 g/mol. The van der Waals surface area contributed by atoms with E-state index in [-0.39, 0.29) is 12.8 Å². The molecule has 0 radical (unpaired) electrons. The highest BCUT2D eigenvalue weighted by molar-refractivity contribution is 5.98. The van der Waals surface area contributed by atoms with Crippen molar-refractivity contribution < 1.29 is 83.4 Å². The van der Waals surface area contributed by atoms with Crippen LogP contribution in [0, 0.1) is 0 Å². The van der Waals surface area contributed by atoms with Gasteiger partial charge in [0.25, 0.3) is 0 Å². The third-order valence-corrected chi connectivity index (χ3v) is 9.75. The van der Waals surface area contributed by atoms with E-state index in [4.69, 9.17) is 16.6 Å². The maximum Gasteiger partial charge on any atom is 0.326 e. The molecule has 0 spiro atoms. The summed E-state index contributed by atoms with van der Waals surface area (Å²) in [7, 11) is 0. The van der Waals surface area contributed by atoms with Gasteiger partial charge in [0.15, 0.2) is 0 Å². The van der Waals surface area contributed by atoms with Gasteiger partial charge >= 0.3 is 11.9 Å². The number of nitrogens with zero attached hydrogens (tertiary/aromatic N) is 1. The molecule has 0 aliphatic rings. The summed E-state index contributed by atoms with van der Waals surface area (Å²) in [6, 6.07) is -5.73. The second-order valence-electron chi connectivity index (χ2n) is 15.4. The van der Waals surface area contributed by atoms with E-state index >= 15 is 0 Å². The number of carbonyl (C=O) groups excluding carboxylic acids is 9. The Morgan fingerprint density at radius 2 is 1.14 bits per heavy atom. The van der Waals surface area contributed by atoms with E-state index < -0.39 is 165 Å². The molecule has 0 unspecified atom stereocenters. The van der Waals surface area contributed by atoms with Crippen LogP contribution in [0.25, 0.3) is 0 Å². The van der Waals surface area contributed by atoms with Crippen LogP contribution in [0.1, 0.15) is 44.4 Å². The average molecular weight is 979 g/mol. The summed E-state index contributed by atoms with van der Waals surface area (Å²) in [5.74, 6) is -13.3. The molecule has 1 heterocycles. The summed E-state index contributed by atoms with van der Waals surface area (Å²) in [5.41, 5.74) is 12.0. The van der Waals surface area contributed by atoms with Crippen LogP contribution in [0.2, 0.25) is 0 Å². The van der Waals surface area contributed by atoms with Gasteiger partial charge in [0, 0.05) is 31.2 Å². The SMILES string of the molecule is C[C@@H](O)[C@H](NC(=O)CNC(=O)[C@H](CCC(N)=O)NC(=O)[C@H](CO)NC(=O)[C@@H](N)Cc1cnc[nH]1)C(=O)N[C@@H](Cc1ccccc1)C(=O)N[C@H](C(=O)N[C@@H](CO)C(=O)N[C@@H](CC(=O)O)C(=O)O)[C@@H](C)O. The van der Waals surface area contributed by atoms with E-state index in [1.54, 1.807) is 30.3 Å². The number of rotatable bonds is 30. The molecule has 9 amide bonds. The fourth-order valence-corrected chi connectivity index (χ4v) is 6.03. The number of aromatic amines is 1. The summed E-state index contributed by atoms with van der Waals surface area (Å²) >= 11 is 0. The van der Waals surface area contributed by atoms with Crippen molar-refractivity contribution in [3.05, 3.63) is 54.1 Å². The normalized spacial score (nSPS) is 15.3. The summed E-state index contributed by atoms with van der Waals surface area (Å²) < 4.78 is 0. The van der Waals surface area contributed by atoms with Crippen LogP contribution in [-0.4, -0.2) is 186 Å². The number of carboxylic acid groups (broad SMARTS) is 2. The summed E-state index contributed by atoms with van der Waals surface area (Å²) in [5, 5.41) is 76.2. The van der Waals surface area contributed by atoms with E-state index in [1.807, 2.05) is 10.6 Å². The van der Waals surface area contributed by atoms with Gasteiger partial charge in [0.05, 0.1) is 50.8 Å². The number of benzene rings is 1. The summed E-state index contributed by atoms with van der Waals surface area (Å²) in [6.45, 7) is -0.869. The molecular formula is C40H58N12O17. The minimum absolute atomic E-state index is 0.0117. The summed E-state index contributed by atoms with van der Waals surface area (Å²) in [4.78, 5) is 146. The lowest BCUT2D eigenvalue weighted by Crippen LogP contribution is -2.62. The molecule has 29 heteroatoms. The molecule has 2 rings (SSSR count). The average Bonchev–Trinajstić information content (AvgIpc) is 3.80. The number of aliphatic hydroxyl groups is 4. The predicted molar refractivity (Wildman–Crippen MR) is 233 cm³/mol. The number of aliphatic hydroxyl groups excluding tert-OH is 4. The number of nitrogens with two attached hydrogens (primary N) is 2. The fourth-order valence-electron chi connectivity index (χ4n) is 6.03. The second kappa shape index (κ2) is 28.5. The number of aromatic nitrogens is 2. The standard InChI is InChI=1S/C40H58N12O17/c1-18(55)31(51-29(58)14-44-34(62)23(8-9-28(42)57)46-36(64)26(15-53)49-33(61)22(41)11-21-13-43-17-45-21)38(66)47-24(10-20-6-4-3-5-7-20)35(63)52-32(19(2)56)39(67)50-27(16-54)37(65)48-25(40(68)69)12-30(59)60/h3-7,13,17-19,22-27,31-32,53-56H,8-12,14-16,41H2,1-2H3,(H2,42,57)(H,43,45)(H,44,62)(H,46,64)(H,47,66)(H,48,65)(H,49,61)(H,50,67)(H,51,58)(H,52,63)(H,59,60)(H,68,69)/t18-,19-,22+,23+,24+,25+,26+,27+,31+,32+/m1/s1. The zero-order valence-electron chi connectivity index (χ0n) is 37.2. The highest BCUT2D eigenvalue weighted by Crippen LogP contribution is 2.08. The highest BCUT2D eigenvalue weighted by Gasteiger charge is 2.36. The number of primary amides is 1. The molecule has 0 aliphatic heterocycles. The largest absolute Gasteiger partial charge is 0.481 e. The van der Waals surface area contributed by atoms with Crippen LogP contribution in [0.4, 0.5) is 0 Å². The smallest absolute Gasteiger partial charge is 0.326 e. The second-order valence-corrected chi connectivity index (χ2v) is 15.4. The number of imidazole rings is 1. The number of aliphatic carboxylic acids is 2. The van der Waals surface area contributed by atoms with Crippen molar-refractivity contribution in [1.82, 2.24) is 52.5 Å². The number of carboxylic acids is 2. The van der Waals surface area contributed by atoms with Crippen LogP contribution in [0.5, 0.6) is 0 Å². The van der Waals surface area contributed by atoms with Crippen LogP contribution >= 0.6 is 0 Å². The number of hydrogen-bond acceptors (Lipinski definition) is 17. The molecule has 0 fully saturated rings. The molecule has 380 valence electrons. The first-order valence-electron chi connectivity index (χ1n) is 20.9. The van der Waals surface area contributed by atoms with Crippen LogP contribution in [0.15, 0.2) is 42.9 Å². The monoisotopic (exact) mass is 978 g/mol. The number of amides is 9. The van der Waals surface area contributed by atoms with Gasteiger partial charge in [-0.25, -0.2) is 9.78 Å². The molecule has 0 saturated carbocycles. The number of nitrogens with one attached hydrogen (secondary N) is 9. The maximum atomic E-state index is 13.8. The molecule has 19 N–H and O–H groups in total. The Balaban J connectivity index is 2.20. The first kappa shape index (κ1) is 57.5. The minimum atomic E-state index is -1.96. The maximum absolute atomic E-state index is 13.8. The minimum Gasteiger partial charge on any atom is -0.481 e. The Bertz CT molecular complexity index is 2110. The van der Waals surface area contributed by atoms with Gasteiger partial charge in [-0.15, -0.1) is 0 Å². The molecule has 29 nitrogen and oxygen atoms in total. The molecule has 0 saturated heterocycles. The zero-order valence-corrected chi connectivity index (χ0v) is 37.2. The molecule has 0 aliphatic carbocycles. The molecule has 0 bridgehead atoms. The zero-order chi connectivity index (χ0) is 52.0. The molecule has 2 aromatic rings. The number of hydrogen-bond donors (Lipinski definition) is 17. The van der Waals surface area contributed by atoms with E-state index in [0.717, 1.165) is 13.8 Å². The van der Waals surface area contributed by atoms with Crippen LogP contribution in [0.3, 0.4) is 0 Å². The Morgan fingerprint density at radius 3 is 1.64 bits per heavy atom. The van der Waals surface area contributed by atoms with Gasteiger partial charge in [0.1, 0.15) is 42.3 Å². The van der Waals surface area contributed by atoms with Crippen molar-refractivity contribution in [3.63, 3.8) is 0 Å². The number of carbonyl (C=O) groups is 11. The van der Waals surface area contributed by atoms with Crippen molar-refractivity contribution in [1.29, 1.82) is 0 Å². The summed E-state index contributed by atoms with van der Waals surface area (Å²) in [6.07, 6.45) is -2.88. The van der Waals surface area contributed by atoms with Gasteiger partial charge < -0.3 is 89.6 Å². The van der Waals surface area contributed by atoms with Crippen LogP contribution in [-0.2, 0) is 65.6 Å². The van der Waals surface area contributed by atoms with E-state index in [9.17, 15) is 78.3 Å². The lowest BCUT2D eigenvalue weighted by molar-refractivity contribution is -0.147. The van der Waals surface area contributed by atoms with Crippen molar-refractivity contribution in [2.24, 2.45) is 11.5 Å². The Morgan fingerprint density at radius 1 is 0.638 bits per heavy atom. The van der Waals surface area contributed by atoms with Gasteiger partial charge in [-0.2, -0.15) is 0 Å². The predicted octanol–water partition coefficient (Wildman–Crippen LogP) is -8.40. The molecule has 69 heavy (non-hydrogen) atoms. The Hall–Kier alpha value is -7.60. The Labute approximate surface area is 392 Å². The van der Waals surface area contributed by atoms with Crippen molar-refractivity contribution in [2.45, 2.75) is 106 Å². The van der Waals surface area contributed by atoms with Crippen LogP contribution < -0.4 is 54.0 Å². The quantitative estimate of drug-likeness (QED) is 0.0346. The van der Waals surface area contributed by atoms with E-state index in [0.29, 0.717) is 11.3 Å². The fraction of sp³-hybridized carbons (Fsp3) is 0.500. The topological polar surface area (TPSA) is 486 Å². The van der Waals surface area contributed by atoms with Crippen molar-refractivity contribution in [2.75, 3.05) is 19.8 Å². The third kappa shape index (κ3) is 20.0. The Kier molecular flexibility index (Phi) is 23.8. The number of H-pyrrole nitrogens is 1. The van der Waals surface area contributed by atoms with Gasteiger partial charge in [-0.05, 0) is 25.8 Å². The molecule has 10 atom stereocenters. The first-order valence-corrected chi connectivity index (χ1v) is 20.9.